The highest BCUT2D eigenvalue weighted by Crippen LogP contribution is 2.60. The maximum Gasteiger partial charge on any atom is 0.306 e. The maximum atomic E-state index is 11.6. The lowest BCUT2D eigenvalue weighted by molar-refractivity contribution is -0.577. The van der Waals surface area contributed by atoms with E-state index >= 15 is 0 Å². The third-order valence-electron chi connectivity index (χ3n) is 7.86. The summed E-state index contributed by atoms with van der Waals surface area (Å²) in [5, 5.41) is 0. The van der Waals surface area contributed by atoms with Gasteiger partial charge in [-0.1, -0.05) is 13.8 Å². The zero-order chi connectivity index (χ0) is 24.3. The van der Waals surface area contributed by atoms with E-state index < -0.39 is 35.9 Å². The minimum atomic E-state index is -0.806. The zero-order valence-corrected chi connectivity index (χ0v) is 20.6. The summed E-state index contributed by atoms with van der Waals surface area (Å²) in [6.07, 6.45) is 2.96. The maximum absolute atomic E-state index is 11.6. The summed E-state index contributed by atoms with van der Waals surface area (Å²) in [5.74, 6) is -0.544. The number of rotatable bonds is 10. The highest BCUT2D eigenvalue weighted by Gasteiger charge is 2.69. The largest absolute Gasteiger partial charge is 0.469 e. The molecule has 0 radical (unpaired) electrons. The van der Waals surface area contributed by atoms with Crippen LogP contribution in [0.2, 0.25) is 0 Å². The molecule has 0 N–H and O–H groups in total. The van der Waals surface area contributed by atoms with Crippen molar-refractivity contribution < 1.29 is 47.8 Å². The number of esters is 2. The van der Waals surface area contributed by atoms with Gasteiger partial charge >= 0.3 is 11.9 Å². The Morgan fingerprint density at radius 2 is 1.71 bits per heavy atom. The molecule has 4 aliphatic heterocycles. The fraction of sp³-hybridized carbons (Fsp3) is 0.917. The highest BCUT2D eigenvalue weighted by atomic mass is 17.3. The zero-order valence-electron chi connectivity index (χ0n) is 20.6. The summed E-state index contributed by atoms with van der Waals surface area (Å²) in [6, 6.07) is 0. The van der Waals surface area contributed by atoms with E-state index in [1.807, 2.05) is 6.92 Å². The third kappa shape index (κ3) is 5.12. The average molecular weight is 487 g/mol. The molecule has 10 heteroatoms. The molecule has 0 aromatic heterocycles. The van der Waals surface area contributed by atoms with Crippen molar-refractivity contribution in [3.8, 4) is 0 Å². The molecule has 1 saturated carbocycles. The van der Waals surface area contributed by atoms with Gasteiger partial charge in [0.15, 0.2) is 18.2 Å². The van der Waals surface area contributed by atoms with Crippen molar-refractivity contribution in [3.63, 3.8) is 0 Å². The molecular formula is C24H38O10. The van der Waals surface area contributed by atoms with Crippen molar-refractivity contribution >= 4 is 11.9 Å². The molecule has 0 aromatic carbocycles. The molecule has 0 aromatic rings. The summed E-state index contributed by atoms with van der Waals surface area (Å²) >= 11 is 0. The molecule has 5 rings (SSSR count). The summed E-state index contributed by atoms with van der Waals surface area (Å²) < 4.78 is 33.8. The second-order valence-electron chi connectivity index (χ2n) is 10.1. The fourth-order valence-corrected chi connectivity index (χ4v) is 5.98. The molecule has 194 valence electrons. The molecule has 8 atom stereocenters. The first-order chi connectivity index (χ1) is 16.3. The van der Waals surface area contributed by atoms with Crippen LogP contribution in [-0.2, 0) is 47.8 Å². The van der Waals surface area contributed by atoms with Crippen LogP contribution in [0.4, 0.5) is 0 Å². The molecular weight excluding hydrogens is 448 g/mol. The summed E-state index contributed by atoms with van der Waals surface area (Å²) in [4.78, 5) is 34.6. The molecule has 1 aliphatic carbocycles. The summed E-state index contributed by atoms with van der Waals surface area (Å²) in [6.45, 7) is 7.38. The van der Waals surface area contributed by atoms with Gasteiger partial charge in [-0.05, 0) is 38.0 Å². The highest BCUT2D eigenvalue weighted by molar-refractivity contribution is 5.77. The first kappa shape index (κ1) is 25.8. The lowest BCUT2D eigenvalue weighted by Gasteiger charge is -2.60. The summed E-state index contributed by atoms with van der Waals surface area (Å²) in [7, 11) is 1.28. The quantitative estimate of drug-likeness (QED) is 0.260. The van der Waals surface area contributed by atoms with E-state index in [1.165, 1.54) is 7.11 Å². The fourth-order valence-electron chi connectivity index (χ4n) is 5.98. The standard InChI is InChI=1S/C24H38O10/c1-15-5-6-18-16(2)21(30-14-12-28-11-13-29-20(26)8-7-19(25)27-4)31-22-24(18)17(15)9-10-23(3,32-22)33-34-24/h15-18,21-22H,5-14H2,1-4H3/t15-,16-,17+,18+,21+,22-,23+,24-/m1/s1. The van der Waals surface area contributed by atoms with Gasteiger partial charge in [-0.25, -0.2) is 9.78 Å². The molecule has 0 amide bonds. The van der Waals surface area contributed by atoms with Crippen molar-refractivity contribution in [2.75, 3.05) is 33.5 Å². The minimum Gasteiger partial charge on any atom is -0.469 e. The van der Waals surface area contributed by atoms with Crippen molar-refractivity contribution in [1.29, 1.82) is 0 Å². The minimum absolute atomic E-state index is 0.00651. The Bertz CT molecular complexity index is 731. The van der Waals surface area contributed by atoms with E-state index in [4.69, 9.17) is 33.5 Å². The van der Waals surface area contributed by atoms with Crippen LogP contribution in [0.15, 0.2) is 0 Å². The van der Waals surface area contributed by atoms with Gasteiger partial charge in [0.05, 0.1) is 39.8 Å². The Morgan fingerprint density at radius 3 is 2.50 bits per heavy atom. The Balaban J connectivity index is 1.22. The topological polar surface area (TPSA) is 108 Å². The van der Waals surface area contributed by atoms with Crippen LogP contribution in [-0.4, -0.2) is 69.4 Å². The van der Waals surface area contributed by atoms with E-state index in [0.29, 0.717) is 25.0 Å². The van der Waals surface area contributed by atoms with Gasteiger partial charge in [0.2, 0.25) is 5.79 Å². The number of methoxy groups -OCH3 is 1. The molecule has 5 aliphatic rings. The first-order valence-electron chi connectivity index (χ1n) is 12.4. The molecule has 1 spiro atoms. The van der Waals surface area contributed by atoms with Gasteiger partial charge in [-0.3, -0.25) is 9.59 Å². The first-order valence-corrected chi connectivity index (χ1v) is 12.4. The molecule has 10 nitrogen and oxygen atoms in total. The number of fused-ring (bicyclic) bond motifs is 2. The van der Waals surface area contributed by atoms with E-state index in [9.17, 15) is 9.59 Å². The Hall–Kier alpha value is -1.30. The average Bonchev–Trinajstić information content (AvgIpc) is 3.05. The number of carbonyl (C=O) groups is 2. The lowest BCUT2D eigenvalue weighted by atomic mass is 9.58. The normalized spacial score (nSPS) is 40.8. The van der Waals surface area contributed by atoms with Crippen molar-refractivity contribution in [1.82, 2.24) is 0 Å². The summed E-state index contributed by atoms with van der Waals surface area (Å²) in [5.41, 5.74) is -0.596. The number of carbonyl (C=O) groups excluding carboxylic acids is 2. The second kappa shape index (κ2) is 10.8. The van der Waals surface area contributed by atoms with E-state index in [0.717, 1.165) is 25.7 Å². The van der Waals surface area contributed by atoms with Gasteiger partial charge in [-0.2, -0.15) is 0 Å². The van der Waals surface area contributed by atoms with Gasteiger partial charge in [0.25, 0.3) is 0 Å². The van der Waals surface area contributed by atoms with Gasteiger partial charge in [0.1, 0.15) is 6.61 Å². The van der Waals surface area contributed by atoms with Gasteiger partial charge < -0.3 is 28.4 Å². The molecule has 4 heterocycles. The van der Waals surface area contributed by atoms with Crippen molar-refractivity contribution in [2.45, 2.75) is 83.3 Å². The molecule has 2 bridgehead atoms. The SMILES string of the molecule is COC(=O)CCC(=O)OCCOCCO[C@H]1O[C@@H]2O[C@]3(C)CC[C@H]4[C@H](C)CC[C@@H]([C@H]1C)[C@@]24OO3. The van der Waals surface area contributed by atoms with E-state index in [2.05, 4.69) is 18.6 Å². The van der Waals surface area contributed by atoms with Crippen LogP contribution in [0.25, 0.3) is 0 Å². The smallest absolute Gasteiger partial charge is 0.306 e. The van der Waals surface area contributed by atoms with Crippen LogP contribution in [0.5, 0.6) is 0 Å². The monoisotopic (exact) mass is 486 g/mol. The Labute approximate surface area is 200 Å². The van der Waals surface area contributed by atoms with Crippen LogP contribution < -0.4 is 0 Å². The van der Waals surface area contributed by atoms with Gasteiger partial charge in [0, 0.05) is 18.3 Å². The predicted octanol–water partition coefficient (Wildman–Crippen LogP) is 2.72. The van der Waals surface area contributed by atoms with Crippen LogP contribution in [0.1, 0.15) is 59.3 Å². The van der Waals surface area contributed by atoms with Crippen molar-refractivity contribution in [2.24, 2.45) is 23.7 Å². The second-order valence-corrected chi connectivity index (χ2v) is 10.1. The van der Waals surface area contributed by atoms with Crippen LogP contribution in [0, 0.1) is 23.7 Å². The number of ether oxygens (including phenoxy) is 6. The van der Waals surface area contributed by atoms with Gasteiger partial charge in [-0.15, -0.1) is 0 Å². The van der Waals surface area contributed by atoms with Crippen molar-refractivity contribution in [3.05, 3.63) is 0 Å². The third-order valence-corrected chi connectivity index (χ3v) is 7.86. The number of hydrogen-bond donors (Lipinski definition) is 0. The Morgan fingerprint density at radius 1 is 0.941 bits per heavy atom. The Kier molecular flexibility index (Phi) is 8.16. The van der Waals surface area contributed by atoms with Crippen LogP contribution in [0.3, 0.4) is 0 Å². The number of hydrogen-bond acceptors (Lipinski definition) is 10. The lowest BCUT2D eigenvalue weighted by Crippen LogP contribution is -2.70. The molecule has 5 fully saturated rings. The predicted molar refractivity (Wildman–Crippen MR) is 116 cm³/mol. The van der Waals surface area contributed by atoms with Crippen LogP contribution >= 0.6 is 0 Å². The van der Waals surface area contributed by atoms with E-state index in [1.54, 1.807) is 0 Å². The molecule has 4 saturated heterocycles. The molecule has 34 heavy (non-hydrogen) atoms. The van der Waals surface area contributed by atoms with E-state index in [-0.39, 0.29) is 37.9 Å². The molecule has 0 unspecified atom stereocenters.